The van der Waals surface area contributed by atoms with Crippen LogP contribution in [0, 0.1) is 12.7 Å². The average Bonchev–Trinajstić information content (AvgIpc) is 2.42. The minimum atomic E-state index is -1.14. The van der Waals surface area contributed by atoms with E-state index >= 15 is 0 Å². The summed E-state index contributed by atoms with van der Waals surface area (Å²) in [5.41, 5.74) is 2.33. The van der Waals surface area contributed by atoms with Gasteiger partial charge in [-0.3, -0.25) is 0 Å². The molecule has 0 atom stereocenters. The van der Waals surface area contributed by atoms with Gasteiger partial charge >= 0.3 is 5.97 Å². The predicted octanol–water partition coefficient (Wildman–Crippen LogP) is 3.49. The summed E-state index contributed by atoms with van der Waals surface area (Å²) in [5.74, 6) is -1.68. The standard InChI is InChI=1S/C16H16FNO2/c1-11-5-2-3-6-12(11)9-10-18-15-13(16(19)20)7-4-8-14(15)17/h2-8,18H,9-10H2,1H3,(H,19,20). The van der Waals surface area contributed by atoms with Crippen LogP contribution >= 0.6 is 0 Å². The van der Waals surface area contributed by atoms with E-state index in [4.69, 9.17) is 5.11 Å². The predicted molar refractivity (Wildman–Crippen MR) is 76.7 cm³/mol. The Morgan fingerprint density at radius 2 is 1.95 bits per heavy atom. The summed E-state index contributed by atoms with van der Waals surface area (Å²) in [6.45, 7) is 2.49. The zero-order valence-corrected chi connectivity index (χ0v) is 11.2. The Bertz CT molecular complexity index is 626. The van der Waals surface area contributed by atoms with Crippen molar-refractivity contribution in [3.8, 4) is 0 Å². The highest BCUT2D eigenvalue weighted by Crippen LogP contribution is 2.20. The maximum Gasteiger partial charge on any atom is 0.337 e. The zero-order valence-electron chi connectivity index (χ0n) is 11.2. The van der Waals surface area contributed by atoms with Gasteiger partial charge in [-0.2, -0.15) is 0 Å². The van der Waals surface area contributed by atoms with Crippen molar-refractivity contribution in [1.82, 2.24) is 0 Å². The van der Waals surface area contributed by atoms with Gasteiger partial charge in [0.05, 0.1) is 11.3 Å². The van der Waals surface area contributed by atoms with Gasteiger partial charge in [0.1, 0.15) is 5.82 Å². The molecule has 0 fully saturated rings. The largest absolute Gasteiger partial charge is 0.478 e. The molecule has 4 heteroatoms. The van der Waals surface area contributed by atoms with Crippen molar-refractivity contribution < 1.29 is 14.3 Å². The van der Waals surface area contributed by atoms with E-state index in [0.29, 0.717) is 13.0 Å². The topological polar surface area (TPSA) is 49.3 Å². The molecule has 0 spiro atoms. The molecule has 2 rings (SSSR count). The van der Waals surface area contributed by atoms with Crippen molar-refractivity contribution in [2.45, 2.75) is 13.3 Å². The van der Waals surface area contributed by atoms with Gasteiger partial charge in [-0.15, -0.1) is 0 Å². The van der Waals surface area contributed by atoms with Crippen LogP contribution in [0.15, 0.2) is 42.5 Å². The lowest BCUT2D eigenvalue weighted by Gasteiger charge is -2.11. The smallest absolute Gasteiger partial charge is 0.337 e. The first kappa shape index (κ1) is 14.1. The number of rotatable bonds is 5. The van der Waals surface area contributed by atoms with Crippen molar-refractivity contribution >= 4 is 11.7 Å². The molecule has 2 aromatic carbocycles. The van der Waals surface area contributed by atoms with Gasteiger partial charge in [0.25, 0.3) is 0 Å². The van der Waals surface area contributed by atoms with Crippen LogP contribution in [-0.2, 0) is 6.42 Å². The lowest BCUT2D eigenvalue weighted by atomic mass is 10.1. The zero-order chi connectivity index (χ0) is 14.5. The molecule has 0 aliphatic rings. The summed E-state index contributed by atoms with van der Waals surface area (Å²) >= 11 is 0. The van der Waals surface area contributed by atoms with Gasteiger partial charge in [-0.05, 0) is 36.6 Å². The molecule has 3 nitrogen and oxygen atoms in total. The van der Waals surface area contributed by atoms with E-state index in [9.17, 15) is 9.18 Å². The van der Waals surface area contributed by atoms with E-state index in [2.05, 4.69) is 5.32 Å². The molecule has 2 aromatic rings. The maximum absolute atomic E-state index is 13.7. The Morgan fingerprint density at radius 3 is 2.65 bits per heavy atom. The third-order valence-electron chi connectivity index (χ3n) is 3.20. The minimum Gasteiger partial charge on any atom is -0.478 e. The molecule has 0 aliphatic heterocycles. The molecule has 0 radical (unpaired) electrons. The number of carboxylic acids is 1. The number of aromatic carboxylic acids is 1. The summed E-state index contributed by atoms with van der Waals surface area (Å²) in [7, 11) is 0. The van der Waals surface area contributed by atoms with E-state index < -0.39 is 11.8 Å². The number of benzene rings is 2. The van der Waals surface area contributed by atoms with Gasteiger partial charge in [0.2, 0.25) is 0 Å². The first-order chi connectivity index (χ1) is 9.59. The summed E-state index contributed by atoms with van der Waals surface area (Å²) in [5, 5.41) is 11.9. The molecule has 104 valence electrons. The third kappa shape index (κ3) is 3.15. The number of aryl methyl sites for hydroxylation is 1. The number of para-hydroxylation sites is 1. The first-order valence-corrected chi connectivity index (χ1v) is 6.40. The second kappa shape index (κ2) is 6.19. The molecule has 0 aliphatic carbocycles. The highest BCUT2D eigenvalue weighted by molar-refractivity contribution is 5.94. The lowest BCUT2D eigenvalue weighted by molar-refractivity contribution is 0.0697. The molecule has 0 saturated heterocycles. The van der Waals surface area contributed by atoms with Gasteiger partial charge in [0.15, 0.2) is 0 Å². The van der Waals surface area contributed by atoms with E-state index in [1.807, 2.05) is 31.2 Å². The fourth-order valence-electron chi connectivity index (χ4n) is 2.09. The van der Waals surface area contributed by atoms with Gasteiger partial charge in [-0.1, -0.05) is 30.3 Å². The summed E-state index contributed by atoms with van der Waals surface area (Å²) < 4.78 is 13.7. The number of hydrogen-bond donors (Lipinski definition) is 2. The molecule has 0 aromatic heterocycles. The highest BCUT2D eigenvalue weighted by Gasteiger charge is 2.13. The molecule has 0 unspecified atom stereocenters. The van der Waals surface area contributed by atoms with E-state index in [1.54, 1.807) is 0 Å². The molecular formula is C16H16FNO2. The molecule has 0 bridgehead atoms. The Balaban J connectivity index is 2.08. The van der Waals surface area contributed by atoms with Crippen molar-refractivity contribution in [3.63, 3.8) is 0 Å². The van der Waals surface area contributed by atoms with Crippen molar-refractivity contribution in [2.24, 2.45) is 0 Å². The number of hydrogen-bond acceptors (Lipinski definition) is 2. The highest BCUT2D eigenvalue weighted by atomic mass is 19.1. The number of carbonyl (C=O) groups is 1. The van der Waals surface area contributed by atoms with Gasteiger partial charge in [-0.25, -0.2) is 9.18 Å². The molecule has 20 heavy (non-hydrogen) atoms. The van der Waals surface area contributed by atoms with Crippen LogP contribution in [0.25, 0.3) is 0 Å². The minimum absolute atomic E-state index is 0.0465. The Kier molecular flexibility index (Phi) is 4.35. The van der Waals surface area contributed by atoms with Crippen LogP contribution in [0.1, 0.15) is 21.5 Å². The normalized spacial score (nSPS) is 10.3. The van der Waals surface area contributed by atoms with Crippen molar-refractivity contribution in [1.29, 1.82) is 0 Å². The molecule has 0 heterocycles. The Hall–Kier alpha value is -2.36. The monoisotopic (exact) mass is 273 g/mol. The summed E-state index contributed by atoms with van der Waals surface area (Å²) in [6, 6.07) is 12.0. The van der Waals surface area contributed by atoms with E-state index in [0.717, 1.165) is 5.56 Å². The molecule has 0 saturated carbocycles. The molecular weight excluding hydrogens is 257 g/mol. The number of nitrogens with one attached hydrogen (secondary N) is 1. The van der Waals surface area contributed by atoms with Crippen LogP contribution in [0.2, 0.25) is 0 Å². The van der Waals surface area contributed by atoms with Gasteiger partial charge < -0.3 is 10.4 Å². The molecule has 2 N–H and O–H groups in total. The van der Waals surface area contributed by atoms with Crippen LogP contribution in [-0.4, -0.2) is 17.6 Å². The number of anilines is 1. The summed E-state index contributed by atoms with van der Waals surface area (Å²) in [4.78, 5) is 11.1. The molecule has 0 amide bonds. The van der Waals surface area contributed by atoms with E-state index in [-0.39, 0.29) is 11.3 Å². The Morgan fingerprint density at radius 1 is 1.20 bits per heavy atom. The van der Waals surface area contributed by atoms with Crippen molar-refractivity contribution in [3.05, 3.63) is 65.0 Å². The third-order valence-corrected chi connectivity index (χ3v) is 3.20. The second-order valence-corrected chi connectivity index (χ2v) is 4.57. The van der Waals surface area contributed by atoms with Crippen LogP contribution in [0.3, 0.4) is 0 Å². The summed E-state index contributed by atoms with van der Waals surface area (Å²) in [6.07, 6.45) is 0.708. The number of halogens is 1. The quantitative estimate of drug-likeness (QED) is 0.876. The maximum atomic E-state index is 13.7. The SMILES string of the molecule is Cc1ccccc1CCNc1c(F)cccc1C(=O)O. The fraction of sp³-hybridized carbons (Fsp3) is 0.188. The Labute approximate surface area is 117 Å². The van der Waals surface area contributed by atoms with Crippen LogP contribution in [0.4, 0.5) is 10.1 Å². The van der Waals surface area contributed by atoms with Crippen molar-refractivity contribution in [2.75, 3.05) is 11.9 Å². The lowest BCUT2D eigenvalue weighted by Crippen LogP contribution is -2.11. The average molecular weight is 273 g/mol. The number of carboxylic acid groups (broad SMARTS) is 1. The van der Waals surface area contributed by atoms with Crippen LogP contribution < -0.4 is 5.32 Å². The fourth-order valence-corrected chi connectivity index (χ4v) is 2.09. The van der Waals surface area contributed by atoms with E-state index in [1.165, 1.54) is 23.8 Å². The van der Waals surface area contributed by atoms with Gasteiger partial charge in [0, 0.05) is 6.54 Å². The van der Waals surface area contributed by atoms with Crippen LogP contribution in [0.5, 0.6) is 0 Å². The second-order valence-electron chi connectivity index (χ2n) is 4.57. The first-order valence-electron chi connectivity index (χ1n) is 6.40.